The summed E-state index contributed by atoms with van der Waals surface area (Å²) in [6.45, 7) is 1.84. The van der Waals surface area contributed by atoms with Crippen LogP contribution in [0.4, 0.5) is 5.69 Å². The van der Waals surface area contributed by atoms with Crippen molar-refractivity contribution in [2.75, 3.05) is 5.32 Å². The molecule has 32 heavy (non-hydrogen) atoms. The fraction of sp³-hybridized carbons (Fsp3) is 0.333. The van der Waals surface area contributed by atoms with Crippen LogP contribution in [0.15, 0.2) is 73.1 Å². The minimum absolute atomic E-state index is 0.00230. The van der Waals surface area contributed by atoms with E-state index in [1.807, 2.05) is 43.3 Å². The predicted molar refractivity (Wildman–Crippen MR) is 126 cm³/mol. The minimum Gasteiger partial charge on any atom is -0.326 e. The molecule has 1 N–H and O–H groups in total. The second kappa shape index (κ2) is 9.86. The molecule has 0 saturated heterocycles. The third-order valence-corrected chi connectivity index (χ3v) is 6.59. The third-order valence-electron chi connectivity index (χ3n) is 6.59. The van der Waals surface area contributed by atoms with Crippen LogP contribution in [0, 0.1) is 5.92 Å². The Morgan fingerprint density at radius 2 is 1.53 bits per heavy atom. The maximum Gasteiger partial charge on any atom is 0.227 e. The maximum atomic E-state index is 12.8. The van der Waals surface area contributed by atoms with Crippen molar-refractivity contribution in [3.8, 4) is 0 Å². The van der Waals surface area contributed by atoms with Gasteiger partial charge in [0.2, 0.25) is 5.91 Å². The lowest BCUT2D eigenvalue weighted by atomic mass is 9.64. The van der Waals surface area contributed by atoms with E-state index >= 15 is 0 Å². The molecule has 164 valence electrons. The molecule has 1 saturated carbocycles. The van der Waals surface area contributed by atoms with Gasteiger partial charge in [0.1, 0.15) is 5.82 Å². The van der Waals surface area contributed by atoms with Gasteiger partial charge in [-0.1, -0.05) is 55.5 Å². The molecule has 0 bridgehead atoms. The van der Waals surface area contributed by atoms with E-state index < -0.39 is 0 Å². The SMILES string of the molecule is CCC(=O)c1cnc(CC2(c3ccccc3)CCC(C(=O)Nc3ccccc3)CC2)nc1. The summed E-state index contributed by atoms with van der Waals surface area (Å²) in [7, 11) is 0. The van der Waals surface area contributed by atoms with E-state index in [0.29, 0.717) is 18.4 Å². The van der Waals surface area contributed by atoms with Crippen molar-refractivity contribution in [2.45, 2.75) is 50.9 Å². The summed E-state index contributed by atoms with van der Waals surface area (Å²) in [5.74, 6) is 0.891. The monoisotopic (exact) mass is 427 g/mol. The lowest BCUT2D eigenvalue weighted by Crippen LogP contribution is -2.38. The molecule has 3 aromatic rings. The van der Waals surface area contributed by atoms with Gasteiger partial charge in [-0.25, -0.2) is 9.97 Å². The highest BCUT2D eigenvalue weighted by atomic mass is 16.2. The first-order chi connectivity index (χ1) is 15.6. The van der Waals surface area contributed by atoms with Crippen LogP contribution >= 0.6 is 0 Å². The van der Waals surface area contributed by atoms with Crippen LogP contribution in [-0.4, -0.2) is 21.7 Å². The van der Waals surface area contributed by atoms with E-state index in [-0.39, 0.29) is 23.0 Å². The molecule has 4 rings (SSSR count). The minimum atomic E-state index is -0.110. The average Bonchev–Trinajstić information content (AvgIpc) is 2.85. The first-order valence-electron chi connectivity index (χ1n) is 11.4. The zero-order valence-electron chi connectivity index (χ0n) is 18.5. The number of ketones is 1. The number of aromatic nitrogens is 2. The number of hydrogen-bond acceptors (Lipinski definition) is 4. The Labute approximate surface area is 189 Å². The number of amides is 1. The summed E-state index contributed by atoms with van der Waals surface area (Å²) in [5.41, 5.74) is 2.55. The number of nitrogens with zero attached hydrogens (tertiary/aromatic N) is 2. The number of hydrogen-bond donors (Lipinski definition) is 1. The number of carbonyl (C=O) groups is 2. The van der Waals surface area contributed by atoms with Gasteiger partial charge >= 0.3 is 0 Å². The molecule has 1 aliphatic rings. The number of Topliss-reactive ketones (excluding diaryl/α,β-unsaturated/α-hetero) is 1. The van der Waals surface area contributed by atoms with E-state index in [9.17, 15) is 9.59 Å². The highest BCUT2D eigenvalue weighted by molar-refractivity contribution is 5.95. The Morgan fingerprint density at radius 1 is 0.938 bits per heavy atom. The van der Waals surface area contributed by atoms with Crippen LogP contribution in [-0.2, 0) is 16.6 Å². The second-order valence-corrected chi connectivity index (χ2v) is 8.62. The normalized spacial score (nSPS) is 20.5. The Kier molecular flexibility index (Phi) is 6.74. The van der Waals surface area contributed by atoms with Crippen molar-refractivity contribution in [2.24, 2.45) is 5.92 Å². The van der Waals surface area contributed by atoms with E-state index in [0.717, 1.165) is 37.2 Å². The van der Waals surface area contributed by atoms with E-state index in [2.05, 4.69) is 39.6 Å². The second-order valence-electron chi connectivity index (χ2n) is 8.62. The number of rotatable bonds is 7. The summed E-state index contributed by atoms with van der Waals surface area (Å²) in [6.07, 6.45) is 7.86. The largest absolute Gasteiger partial charge is 0.326 e. The van der Waals surface area contributed by atoms with Gasteiger partial charge in [0, 0.05) is 42.3 Å². The molecule has 0 atom stereocenters. The molecule has 1 heterocycles. The fourth-order valence-electron chi connectivity index (χ4n) is 4.65. The smallest absolute Gasteiger partial charge is 0.227 e. The number of para-hydroxylation sites is 1. The maximum absolute atomic E-state index is 12.8. The van der Waals surface area contributed by atoms with Crippen molar-refractivity contribution in [1.29, 1.82) is 0 Å². The molecule has 2 aromatic carbocycles. The quantitative estimate of drug-likeness (QED) is 0.514. The van der Waals surface area contributed by atoms with Gasteiger partial charge in [-0.15, -0.1) is 0 Å². The van der Waals surface area contributed by atoms with Crippen molar-refractivity contribution in [1.82, 2.24) is 9.97 Å². The van der Waals surface area contributed by atoms with Gasteiger partial charge in [0.15, 0.2) is 5.78 Å². The Morgan fingerprint density at radius 3 is 2.12 bits per heavy atom. The molecule has 0 radical (unpaired) electrons. The fourth-order valence-corrected chi connectivity index (χ4v) is 4.65. The zero-order valence-corrected chi connectivity index (χ0v) is 18.5. The molecule has 0 unspecified atom stereocenters. The van der Waals surface area contributed by atoms with Crippen LogP contribution in [0.2, 0.25) is 0 Å². The van der Waals surface area contributed by atoms with Crippen molar-refractivity contribution in [3.63, 3.8) is 0 Å². The van der Waals surface area contributed by atoms with Crippen molar-refractivity contribution in [3.05, 3.63) is 90.0 Å². The van der Waals surface area contributed by atoms with E-state index in [1.165, 1.54) is 5.56 Å². The molecular formula is C27H29N3O2. The van der Waals surface area contributed by atoms with Crippen LogP contribution in [0.1, 0.15) is 60.8 Å². The van der Waals surface area contributed by atoms with Gasteiger partial charge in [-0.2, -0.15) is 0 Å². The van der Waals surface area contributed by atoms with Gasteiger partial charge in [0.25, 0.3) is 0 Å². The third kappa shape index (κ3) is 4.93. The Balaban J connectivity index is 1.50. The average molecular weight is 428 g/mol. The van der Waals surface area contributed by atoms with Crippen LogP contribution < -0.4 is 5.32 Å². The van der Waals surface area contributed by atoms with Gasteiger partial charge in [-0.05, 0) is 43.4 Å². The van der Waals surface area contributed by atoms with Crippen LogP contribution in [0.5, 0.6) is 0 Å². The number of benzene rings is 2. The lowest BCUT2D eigenvalue weighted by Gasteiger charge is -2.40. The van der Waals surface area contributed by atoms with Gasteiger partial charge < -0.3 is 5.32 Å². The molecule has 1 aliphatic carbocycles. The summed E-state index contributed by atoms with van der Waals surface area (Å²) in [5, 5.41) is 3.06. The van der Waals surface area contributed by atoms with Crippen molar-refractivity contribution >= 4 is 17.4 Å². The summed E-state index contributed by atoms with van der Waals surface area (Å²) in [4.78, 5) is 33.8. The molecule has 0 spiro atoms. The molecule has 0 aliphatic heterocycles. The van der Waals surface area contributed by atoms with Gasteiger partial charge in [0.05, 0.1) is 5.56 Å². The molecule has 5 nitrogen and oxygen atoms in total. The standard InChI is InChI=1S/C27H29N3O2/c1-2-24(31)21-18-28-25(29-19-21)17-27(22-9-5-3-6-10-22)15-13-20(14-16-27)26(32)30-23-11-7-4-8-12-23/h3-12,18-20H,2,13-17H2,1H3,(H,30,32). The van der Waals surface area contributed by atoms with Gasteiger partial charge in [-0.3, -0.25) is 9.59 Å². The molecule has 1 aromatic heterocycles. The predicted octanol–water partition coefficient (Wildman–Crippen LogP) is 5.38. The highest BCUT2D eigenvalue weighted by Gasteiger charge is 2.39. The Bertz CT molecular complexity index is 1040. The molecule has 1 fully saturated rings. The number of nitrogens with one attached hydrogen (secondary N) is 1. The Hall–Kier alpha value is -3.34. The lowest BCUT2D eigenvalue weighted by molar-refractivity contribution is -0.121. The number of anilines is 1. The van der Waals surface area contributed by atoms with Crippen LogP contribution in [0.3, 0.4) is 0 Å². The molecule has 5 heteroatoms. The number of carbonyl (C=O) groups excluding carboxylic acids is 2. The topological polar surface area (TPSA) is 72.0 Å². The summed E-state index contributed by atoms with van der Waals surface area (Å²) < 4.78 is 0. The zero-order chi connectivity index (χ0) is 22.4. The van der Waals surface area contributed by atoms with E-state index in [4.69, 9.17) is 0 Å². The van der Waals surface area contributed by atoms with E-state index in [1.54, 1.807) is 12.4 Å². The summed E-state index contributed by atoms with van der Waals surface area (Å²) in [6, 6.07) is 20.1. The summed E-state index contributed by atoms with van der Waals surface area (Å²) >= 11 is 0. The van der Waals surface area contributed by atoms with Crippen molar-refractivity contribution < 1.29 is 9.59 Å². The first-order valence-corrected chi connectivity index (χ1v) is 11.4. The first kappa shape index (κ1) is 21.9. The molecule has 1 amide bonds. The van der Waals surface area contributed by atoms with Crippen LogP contribution in [0.25, 0.3) is 0 Å². The molecular weight excluding hydrogens is 398 g/mol. The highest BCUT2D eigenvalue weighted by Crippen LogP contribution is 2.43.